The number of hydrogen-bond acceptors (Lipinski definition) is 3. The Morgan fingerprint density at radius 1 is 1.21 bits per heavy atom. The number of carbonyl (C=O) groups is 1. The number of amides is 1. The topological polar surface area (TPSA) is 47.6 Å². The minimum absolute atomic E-state index is 0.198. The number of aryl methyl sites for hydroxylation is 1. The van der Waals surface area contributed by atoms with Gasteiger partial charge in [-0.15, -0.1) is 0 Å². The van der Waals surface area contributed by atoms with Crippen LogP contribution in [0, 0.1) is 6.92 Å². The molecule has 2 aromatic carbocycles. The van der Waals surface area contributed by atoms with E-state index >= 15 is 0 Å². The molecule has 0 saturated heterocycles. The summed E-state index contributed by atoms with van der Waals surface area (Å²) in [7, 11) is 0. The summed E-state index contributed by atoms with van der Waals surface area (Å²) in [6.45, 7) is 8.32. The van der Waals surface area contributed by atoms with E-state index in [9.17, 15) is 4.79 Å². The molecule has 2 rings (SSSR count). The predicted octanol–water partition coefficient (Wildman–Crippen LogP) is 4.97. The van der Waals surface area contributed by atoms with Crippen LogP contribution in [0.1, 0.15) is 22.8 Å². The van der Waals surface area contributed by atoms with Gasteiger partial charge in [0.05, 0.1) is 6.61 Å². The largest absolute Gasteiger partial charge is 0.490 e. The van der Waals surface area contributed by atoms with Crippen LogP contribution in [0.2, 0.25) is 0 Å². The lowest BCUT2D eigenvalue weighted by atomic mass is 10.1. The number of nitrogens with one attached hydrogen (secondary N) is 1. The van der Waals surface area contributed by atoms with E-state index in [1.807, 2.05) is 32.0 Å². The third-order valence-corrected chi connectivity index (χ3v) is 3.79. The molecule has 126 valence electrons. The fourth-order valence-electron chi connectivity index (χ4n) is 2.15. The third kappa shape index (κ3) is 4.61. The molecule has 0 aromatic heterocycles. The normalized spacial score (nSPS) is 10.1. The SMILES string of the molecule is C=CCOc1ccc(C(=O)Nc2ccc(Br)cc2C)cc1OCC. The van der Waals surface area contributed by atoms with Gasteiger partial charge in [0.1, 0.15) is 6.61 Å². The van der Waals surface area contributed by atoms with Gasteiger partial charge in [0, 0.05) is 15.7 Å². The number of rotatable bonds is 7. The Kier molecular flexibility index (Phi) is 6.44. The minimum Gasteiger partial charge on any atom is -0.490 e. The van der Waals surface area contributed by atoms with Crippen LogP contribution in [-0.2, 0) is 0 Å². The Balaban J connectivity index is 2.22. The number of anilines is 1. The van der Waals surface area contributed by atoms with Crippen LogP contribution in [0.3, 0.4) is 0 Å². The molecule has 0 spiro atoms. The molecule has 0 aliphatic rings. The van der Waals surface area contributed by atoms with E-state index in [2.05, 4.69) is 27.8 Å². The van der Waals surface area contributed by atoms with Crippen molar-refractivity contribution < 1.29 is 14.3 Å². The Bertz CT molecular complexity index is 743. The van der Waals surface area contributed by atoms with Gasteiger partial charge in [-0.05, 0) is 55.8 Å². The van der Waals surface area contributed by atoms with Gasteiger partial charge >= 0.3 is 0 Å². The average molecular weight is 390 g/mol. The molecular formula is C19H20BrNO3. The number of hydrogen-bond donors (Lipinski definition) is 1. The highest BCUT2D eigenvalue weighted by Gasteiger charge is 2.12. The smallest absolute Gasteiger partial charge is 0.255 e. The molecule has 0 bridgehead atoms. The van der Waals surface area contributed by atoms with Crippen LogP contribution < -0.4 is 14.8 Å². The zero-order chi connectivity index (χ0) is 17.5. The first kappa shape index (κ1) is 18.1. The van der Waals surface area contributed by atoms with E-state index in [0.29, 0.717) is 30.3 Å². The van der Waals surface area contributed by atoms with Crippen LogP contribution in [0.15, 0.2) is 53.5 Å². The summed E-state index contributed by atoms with van der Waals surface area (Å²) in [6.07, 6.45) is 1.66. The molecule has 0 unspecified atom stereocenters. The maximum absolute atomic E-state index is 12.5. The van der Waals surface area contributed by atoms with Crippen LogP contribution in [0.5, 0.6) is 11.5 Å². The van der Waals surface area contributed by atoms with Gasteiger partial charge in [-0.25, -0.2) is 0 Å². The van der Waals surface area contributed by atoms with Gasteiger partial charge < -0.3 is 14.8 Å². The number of benzene rings is 2. The van der Waals surface area contributed by atoms with E-state index in [0.717, 1.165) is 15.7 Å². The van der Waals surface area contributed by atoms with Crippen LogP contribution in [0.4, 0.5) is 5.69 Å². The lowest BCUT2D eigenvalue weighted by molar-refractivity contribution is 0.102. The van der Waals surface area contributed by atoms with Crippen molar-refractivity contribution in [2.75, 3.05) is 18.5 Å². The standard InChI is InChI=1S/C19H20BrNO3/c1-4-10-24-17-9-6-14(12-18(17)23-5-2)19(22)21-16-8-7-15(20)11-13(16)3/h4,6-9,11-12H,1,5,10H2,2-3H3,(H,21,22). The quantitative estimate of drug-likeness (QED) is 0.679. The van der Waals surface area contributed by atoms with Gasteiger partial charge in [-0.3, -0.25) is 4.79 Å². The first-order chi connectivity index (χ1) is 11.5. The van der Waals surface area contributed by atoms with Crippen molar-refractivity contribution in [1.82, 2.24) is 0 Å². The summed E-state index contributed by atoms with van der Waals surface area (Å²) in [6, 6.07) is 10.8. The van der Waals surface area contributed by atoms with E-state index in [4.69, 9.17) is 9.47 Å². The van der Waals surface area contributed by atoms with Crippen molar-refractivity contribution in [2.24, 2.45) is 0 Å². The fraction of sp³-hybridized carbons (Fsp3) is 0.211. The molecule has 0 aliphatic heterocycles. The Labute approximate surface area is 150 Å². The van der Waals surface area contributed by atoms with Gasteiger partial charge in [-0.2, -0.15) is 0 Å². The molecule has 1 amide bonds. The molecule has 0 aliphatic carbocycles. The maximum Gasteiger partial charge on any atom is 0.255 e. The first-order valence-corrected chi connectivity index (χ1v) is 8.42. The summed E-state index contributed by atoms with van der Waals surface area (Å²) >= 11 is 3.41. The van der Waals surface area contributed by atoms with Crippen molar-refractivity contribution in [3.63, 3.8) is 0 Å². The molecule has 1 N–H and O–H groups in total. The molecule has 0 saturated carbocycles. The van der Waals surface area contributed by atoms with Crippen molar-refractivity contribution >= 4 is 27.5 Å². The summed E-state index contributed by atoms with van der Waals surface area (Å²) < 4.78 is 12.1. The molecule has 0 radical (unpaired) electrons. The highest BCUT2D eigenvalue weighted by Crippen LogP contribution is 2.29. The molecular weight excluding hydrogens is 370 g/mol. The summed E-state index contributed by atoms with van der Waals surface area (Å²) in [4.78, 5) is 12.5. The molecule has 5 heteroatoms. The third-order valence-electron chi connectivity index (χ3n) is 3.30. The molecule has 4 nitrogen and oxygen atoms in total. The maximum atomic E-state index is 12.5. The molecule has 2 aromatic rings. The molecule has 0 fully saturated rings. The van der Waals surface area contributed by atoms with Crippen molar-refractivity contribution in [3.05, 3.63) is 64.7 Å². The fourth-order valence-corrected chi connectivity index (χ4v) is 2.62. The lowest BCUT2D eigenvalue weighted by Crippen LogP contribution is -2.13. The summed E-state index contributed by atoms with van der Waals surface area (Å²) in [5, 5.41) is 2.91. The average Bonchev–Trinajstić information content (AvgIpc) is 2.56. The van der Waals surface area contributed by atoms with Gasteiger partial charge in [-0.1, -0.05) is 28.6 Å². The molecule has 0 heterocycles. The molecule has 24 heavy (non-hydrogen) atoms. The Hall–Kier alpha value is -2.27. The van der Waals surface area contributed by atoms with Gasteiger partial charge in [0.15, 0.2) is 11.5 Å². The second-order valence-electron chi connectivity index (χ2n) is 5.11. The van der Waals surface area contributed by atoms with Gasteiger partial charge in [0.2, 0.25) is 0 Å². The minimum atomic E-state index is -0.198. The molecule has 0 atom stereocenters. The number of carbonyl (C=O) groups excluding carboxylic acids is 1. The Morgan fingerprint density at radius 3 is 2.67 bits per heavy atom. The van der Waals surface area contributed by atoms with Crippen molar-refractivity contribution in [2.45, 2.75) is 13.8 Å². The summed E-state index contributed by atoms with van der Waals surface area (Å²) in [5.41, 5.74) is 2.26. The highest BCUT2D eigenvalue weighted by molar-refractivity contribution is 9.10. The van der Waals surface area contributed by atoms with Gasteiger partial charge in [0.25, 0.3) is 5.91 Å². The van der Waals surface area contributed by atoms with Crippen LogP contribution >= 0.6 is 15.9 Å². The lowest BCUT2D eigenvalue weighted by Gasteiger charge is -2.13. The van der Waals surface area contributed by atoms with E-state index in [1.165, 1.54) is 0 Å². The number of ether oxygens (including phenoxy) is 2. The van der Waals surface area contributed by atoms with Crippen LogP contribution in [0.25, 0.3) is 0 Å². The Morgan fingerprint density at radius 2 is 2.00 bits per heavy atom. The second kappa shape index (κ2) is 8.55. The van der Waals surface area contributed by atoms with E-state index < -0.39 is 0 Å². The van der Waals surface area contributed by atoms with E-state index in [-0.39, 0.29) is 5.91 Å². The second-order valence-corrected chi connectivity index (χ2v) is 6.02. The number of halogens is 1. The monoisotopic (exact) mass is 389 g/mol. The predicted molar refractivity (Wildman–Crippen MR) is 100 cm³/mol. The van der Waals surface area contributed by atoms with Crippen molar-refractivity contribution in [1.29, 1.82) is 0 Å². The zero-order valence-electron chi connectivity index (χ0n) is 13.8. The zero-order valence-corrected chi connectivity index (χ0v) is 15.4. The van der Waals surface area contributed by atoms with Crippen LogP contribution in [-0.4, -0.2) is 19.1 Å². The highest BCUT2D eigenvalue weighted by atomic mass is 79.9. The van der Waals surface area contributed by atoms with Crippen molar-refractivity contribution in [3.8, 4) is 11.5 Å². The van der Waals surface area contributed by atoms with E-state index in [1.54, 1.807) is 24.3 Å². The first-order valence-electron chi connectivity index (χ1n) is 7.63. The summed E-state index contributed by atoms with van der Waals surface area (Å²) in [5.74, 6) is 0.935.